The van der Waals surface area contributed by atoms with Crippen LogP contribution in [0.25, 0.3) is 0 Å². The molecule has 0 aromatic heterocycles. The SMILES string of the molecule is C[C@@H](NS(=O)(=O)c1ccc(F)c([N+](=O)[O-])c1)c1ccc2c(c1)OCCO2. The van der Waals surface area contributed by atoms with Gasteiger partial charge in [0.1, 0.15) is 13.2 Å². The number of halogens is 1. The summed E-state index contributed by atoms with van der Waals surface area (Å²) in [6, 6.07) is 6.79. The Morgan fingerprint density at radius 3 is 2.54 bits per heavy atom. The fourth-order valence-electron chi connectivity index (χ4n) is 2.50. The highest BCUT2D eigenvalue weighted by molar-refractivity contribution is 7.89. The van der Waals surface area contributed by atoms with Gasteiger partial charge < -0.3 is 9.47 Å². The Morgan fingerprint density at radius 1 is 1.15 bits per heavy atom. The van der Waals surface area contributed by atoms with Crippen LogP contribution in [0.3, 0.4) is 0 Å². The minimum absolute atomic E-state index is 0.394. The Balaban J connectivity index is 1.85. The second-order valence-corrected chi connectivity index (χ2v) is 7.33. The smallest absolute Gasteiger partial charge is 0.306 e. The highest BCUT2D eigenvalue weighted by Gasteiger charge is 2.24. The summed E-state index contributed by atoms with van der Waals surface area (Å²) in [4.78, 5) is 9.44. The summed E-state index contributed by atoms with van der Waals surface area (Å²) in [7, 11) is -4.09. The van der Waals surface area contributed by atoms with E-state index in [-0.39, 0.29) is 0 Å². The van der Waals surface area contributed by atoms with Gasteiger partial charge in [0.25, 0.3) is 0 Å². The molecule has 0 aliphatic carbocycles. The number of nitro groups is 1. The third-order valence-corrected chi connectivity index (χ3v) is 5.36. The summed E-state index contributed by atoms with van der Waals surface area (Å²) in [5.74, 6) is -0.0183. The summed E-state index contributed by atoms with van der Waals surface area (Å²) in [6.45, 7) is 2.45. The van der Waals surface area contributed by atoms with Crippen molar-refractivity contribution in [2.24, 2.45) is 0 Å². The normalized spacial score (nSPS) is 14.7. The van der Waals surface area contributed by atoms with Crippen molar-refractivity contribution in [1.82, 2.24) is 4.72 Å². The summed E-state index contributed by atoms with van der Waals surface area (Å²) in [5, 5.41) is 10.8. The van der Waals surface area contributed by atoms with Crippen LogP contribution in [0.1, 0.15) is 18.5 Å². The van der Waals surface area contributed by atoms with Crippen LogP contribution >= 0.6 is 0 Å². The molecular weight excluding hydrogens is 367 g/mol. The molecule has 3 rings (SSSR count). The van der Waals surface area contributed by atoms with Crippen LogP contribution in [-0.2, 0) is 10.0 Å². The van der Waals surface area contributed by atoms with E-state index in [1.165, 1.54) is 0 Å². The van der Waals surface area contributed by atoms with E-state index in [4.69, 9.17) is 9.47 Å². The zero-order valence-electron chi connectivity index (χ0n) is 13.6. The highest BCUT2D eigenvalue weighted by Crippen LogP contribution is 2.33. The Kier molecular flexibility index (Phi) is 4.79. The lowest BCUT2D eigenvalue weighted by Gasteiger charge is -2.21. The average molecular weight is 382 g/mol. The van der Waals surface area contributed by atoms with Gasteiger partial charge in [0.05, 0.1) is 9.82 Å². The number of nitrogens with zero attached hydrogens (tertiary/aromatic N) is 1. The molecule has 0 amide bonds. The molecule has 1 N–H and O–H groups in total. The maximum absolute atomic E-state index is 13.4. The van der Waals surface area contributed by atoms with Gasteiger partial charge >= 0.3 is 5.69 Å². The van der Waals surface area contributed by atoms with E-state index in [9.17, 15) is 22.9 Å². The van der Waals surface area contributed by atoms with Gasteiger partial charge in [0.2, 0.25) is 15.8 Å². The van der Waals surface area contributed by atoms with Gasteiger partial charge in [-0.25, -0.2) is 13.1 Å². The van der Waals surface area contributed by atoms with Gasteiger partial charge in [0.15, 0.2) is 11.5 Å². The lowest BCUT2D eigenvalue weighted by Crippen LogP contribution is -2.27. The van der Waals surface area contributed by atoms with E-state index in [2.05, 4.69) is 4.72 Å². The lowest BCUT2D eigenvalue weighted by atomic mass is 10.1. The van der Waals surface area contributed by atoms with Crippen molar-refractivity contribution in [2.45, 2.75) is 17.9 Å². The maximum Gasteiger partial charge on any atom is 0.306 e. The topological polar surface area (TPSA) is 108 Å². The van der Waals surface area contributed by atoms with E-state index in [1.54, 1.807) is 25.1 Å². The standard InChI is InChI=1S/C16H15FN2O6S/c1-10(11-2-5-15-16(8-11)25-7-6-24-15)18-26(22,23)12-3-4-13(17)14(9-12)19(20)21/h2-5,8-10,18H,6-7H2,1H3/t10-/m1/s1. The second kappa shape index (κ2) is 6.89. The van der Waals surface area contributed by atoms with Crippen LogP contribution in [0, 0.1) is 15.9 Å². The zero-order chi connectivity index (χ0) is 18.9. The molecule has 8 nitrogen and oxygen atoms in total. The number of nitrogens with one attached hydrogen (secondary N) is 1. The van der Waals surface area contributed by atoms with Crippen molar-refractivity contribution < 1.29 is 27.2 Å². The molecule has 0 unspecified atom stereocenters. The van der Waals surface area contributed by atoms with Crippen LogP contribution in [0.5, 0.6) is 11.5 Å². The van der Waals surface area contributed by atoms with Gasteiger partial charge in [-0.1, -0.05) is 6.07 Å². The number of sulfonamides is 1. The Bertz CT molecular complexity index is 963. The molecule has 0 saturated carbocycles. The Hall–Kier alpha value is -2.72. The molecule has 1 aliphatic heterocycles. The molecule has 2 aromatic carbocycles. The second-order valence-electron chi connectivity index (χ2n) is 5.62. The number of ether oxygens (including phenoxy) is 2. The summed E-state index contributed by atoms with van der Waals surface area (Å²) in [6.07, 6.45) is 0. The number of hydrogen-bond donors (Lipinski definition) is 1. The van der Waals surface area contributed by atoms with E-state index >= 15 is 0 Å². The van der Waals surface area contributed by atoms with Gasteiger partial charge in [0, 0.05) is 12.1 Å². The molecule has 1 atom stereocenters. The van der Waals surface area contributed by atoms with Gasteiger partial charge in [-0.15, -0.1) is 0 Å². The largest absolute Gasteiger partial charge is 0.486 e. The van der Waals surface area contributed by atoms with E-state index < -0.39 is 37.4 Å². The summed E-state index contributed by atoms with van der Waals surface area (Å²) < 4.78 is 51.7. The van der Waals surface area contributed by atoms with E-state index in [1.807, 2.05) is 0 Å². The average Bonchev–Trinajstić information content (AvgIpc) is 2.60. The lowest BCUT2D eigenvalue weighted by molar-refractivity contribution is -0.387. The minimum atomic E-state index is -4.09. The fraction of sp³-hybridized carbons (Fsp3) is 0.250. The Morgan fingerprint density at radius 2 is 1.85 bits per heavy atom. The van der Waals surface area contributed by atoms with Crippen molar-refractivity contribution in [3.8, 4) is 11.5 Å². The van der Waals surface area contributed by atoms with Crippen LogP contribution < -0.4 is 14.2 Å². The molecule has 10 heteroatoms. The number of fused-ring (bicyclic) bond motifs is 1. The van der Waals surface area contributed by atoms with Gasteiger partial charge in [-0.2, -0.15) is 4.39 Å². The van der Waals surface area contributed by atoms with E-state index in [0.29, 0.717) is 36.3 Å². The predicted molar refractivity (Wildman–Crippen MR) is 89.2 cm³/mol. The maximum atomic E-state index is 13.4. The molecule has 0 saturated heterocycles. The molecule has 1 aliphatic rings. The molecule has 138 valence electrons. The first-order valence-corrected chi connectivity index (χ1v) is 9.12. The zero-order valence-corrected chi connectivity index (χ0v) is 14.5. The number of hydrogen-bond acceptors (Lipinski definition) is 6. The molecule has 2 aromatic rings. The van der Waals surface area contributed by atoms with Crippen LogP contribution in [-0.4, -0.2) is 26.6 Å². The van der Waals surface area contributed by atoms with Crippen LogP contribution in [0.15, 0.2) is 41.3 Å². The van der Waals surface area contributed by atoms with Crippen LogP contribution in [0.4, 0.5) is 10.1 Å². The molecule has 26 heavy (non-hydrogen) atoms. The highest BCUT2D eigenvalue weighted by atomic mass is 32.2. The van der Waals surface area contributed by atoms with Crippen molar-refractivity contribution in [3.05, 3.63) is 57.9 Å². The number of rotatable bonds is 5. The quantitative estimate of drug-likeness (QED) is 0.629. The number of nitro benzene ring substituents is 1. The summed E-state index contributed by atoms with van der Waals surface area (Å²) in [5.41, 5.74) is -0.283. The Labute approximate surface area is 148 Å². The van der Waals surface area contributed by atoms with Crippen molar-refractivity contribution in [3.63, 3.8) is 0 Å². The molecule has 0 fully saturated rings. The van der Waals surface area contributed by atoms with Gasteiger partial charge in [-0.3, -0.25) is 10.1 Å². The van der Waals surface area contributed by atoms with E-state index in [0.717, 1.165) is 12.1 Å². The minimum Gasteiger partial charge on any atom is -0.486 e. The first-order valence-electron chi connectivity index (χ1n) is 7.64. The first kappa shape index (κ1) is 18.1. The van der Waals surface area contributed by atoms with Gasteiger partial charge in [-0.05, 0) is 36.8 Å². The third-order valence-electron chi connectivity index (χ3n) is 3.82. The first-order chi connectivity index (χ1) is 12.3. The third kappa shape index (κ3) is 3.60. The monoisotopic (exact) mass is 382 g/mol. The van der Waals surface area contributed by atoms with Crippen molar-refractivity contribution in [1.29, 1.82) is 0 Å². The number of benzene rings is 2. The molecule has 0 spiro atoms. The van der Waals surface area contributed by atoms with Crippen molar-refractivity contribution in [2.75, 3.05) is 13.2 Å². The fourth-order valence-corrected chi connectivity index (χ4v) is 3.75. The molecule has 0 radical (unpaired) electrons. The molecule has 1 heterocycles. The summed E-state index contributed by atoms with van der Waals surface area (Å²) >= 11 is 0. The van der Waals surface area contributed by atoms with Crippen molar-refractivity contribution >= 4 is 15.7 Å². The molecule has 0 bridgehead atoms. The molecular formula is C16H15FN2O6S. The van der Waals surface area contributed by atoms with Crippen LogP contribution in [0.2, 0.25) is 0 Å². The predicted octanol–water partition coefficient (Wildman–Crippen LogP) is 2.54.